The first kappa shape index (κ1) is 26.7. The highest BCUT2D eigenvalue weighted by Crippen LogP contribution is 2.43. The van der Waals surface area contributed by atoms with E-state index in [-0.39, 0.29) is 22.6 Å². The van der Waals surface area contributed by atoms with Crippen LogP contribution in [0.2, 0.25) is 0 Å². The minimum absolute atomic E-state index is 0.223. The minimum Gasteiger partial charge on any atom is -0.486 e. The number of halogens is 1. The van der Waals surface area contributed by atoms with E-state index in [1.54, 1.807) is 28.8 Å². The third-order valence-electron chi connectivity index (χ3n) is 7.58. The van der Waals surface area contributed by atoms with Crippen LogP contribution in [0.4, 0.5) is 10.1 Å². The van der Waals surface area contributed by atoms with Gasteiger partial charge in [0.25, 0.3) is 5.91 Å². The average Bonchev–Trinajstić information content (AvgIpc) is 3.58. The quantitative estimate of drug-likeness (QED) is 0.288. The molecule has 1 N–H and O–H groups in total. The van der Waals surface area contributed by atoms with E-state index >= 15 is 0 Å². The number of aromatic nitrogens is 3. The van der Waals surface area contributed by atoms with Gasteiger partial charge in [-0.3, -0.25) is 9.10 Å². The fourth-order valence-electron chi connectivity index (χ4n) is 5.35. The van der Waals surface area contributed by atoms with Crippen LogP contribution in [0.5, 0.6) is 5.75 Å². The van der Waals surface area contributed by atoms with Crippen LogP contribution in [0.1, 0.15) is 15.9 Å². The Hall–Kier alpha value is -5.23. The number of hydrogen-bond acceptors (Lipinski definition) is 7. The largest absolute Gasteiger partial charge is 0.486 e. The van der Waals surface area contributed by atoms with Crippen molar-refractivity contribution in [3.8, 4) is 39.7 Å². The van der Waals surface area contributed by atoms with Crippen molar-refractivity contribution in [2.45, 2.75) is 6.61 Å². The molecule has 0 saturated heterocycles. The van der Waals surface area contributed by atoms with Gasteiger partial charge < -0.3 is 14.5 Å². The van der Waals surface area contributed by atoms with Crippen LogP contribution < -0.4 is 14.4 Å². The van der Waals surface area contributed by atoms with Gasteiger partial charge in [-0.25, -0.2) is 22.3 Å². The van der Waals surface area contributed by atoms with Crippen LogP contribution in [0.15, 0.2) is 77.3 Å². The number of nitrogens with zero attached hydrogens (tertiary/aromatic N) is 4. The number of furan rings is 1. The zero-order valence-electron chi connectivity index (χ0n) is 23.3. The van der Waals surface area contributed by atoms with E-state index in [1.165, 1.54) is 38.4 Å². The predicted octanol–water partition coefficient (Wildman–Crippen LogP) is 5.26. The Bertz CT molecular complexity index is 2210. The standard InChI is InChI=1S/C31H24FN5O5S/c1-33-31(38)27-20-14-19(22-11-12-25-29(34-22)28-21(16-41-25)23-6-4-5-13-37(23)35-28)24(36(2)43(3,39)40)15-26(20)42-30(27)17-7-9-18(32)10-8-17/h4-15H,16H2,1-3H3,(H,33,38). The second kappa shape index (κ2) is 9.66. The molecule has 1 aliphatic heterocycles. The van der Waals surface area contributed by atoms with Gasteiger partial charge in [0.05, 0.1) is 28.7 Å². The molecule has 0 aliphatic carbocycles. The maximum absolute atomic E-state index is 13.7. The molecular weight excluding hydrogens is 573 g/mol. The molecule has 1 aliphatic rings. The maximum atomic E-state index is 13.7. The lowest BCUT2D eigenvalue weighted by Crippen LogP contribution is -2.25. The summed E-state index contributed by atoms with van der Waals surface area (Å²) in [6.45, 7) is 0.335. The Labute approximate surface area is 245 Å². The smallest absolute Gasteiger partial charge is 0.255 e. The van der Waals surface area contributed by atoms with Gasteiger partial charge in [-0.15, -0.1) is 0 Å². The van der Waals surface area contributed by atoms with E-state index in [0.717, 1.165) is 21.6 Å². The third-order valence-corrected chi connectivity index (χ3v) is 8.77. The van der Waals surface area contributed by atoms with Crippen molar-refractivity contribution in [1.82, 2.24) is 19.9 Å². The number of fused-ring (bicyclic) bond motifs is 6. The number of sulfonamides is 1. The molecule has 43 heavy (non-hydrogen) atoms. The lowest BCUT2D eigenvalue weighted by atomic mass is 10.00. The third kappa shape index (κ3) is 4.29. The first-order valence-corrected chi connectivity index (χ1v) is 15.1. The summed E-state index contributed by atoms with van der Waals surface area (Å²) in [7, 11) is -0.781. The lowest BCUT2D eigenvalue weighted by molar-refractivity contribution is 0.0964. The number of carbonyl (C=O) groups is 1. The molecule has 0 radical (unpaired) electrons. The topological polar surface area (TPSA) is 119 Å². The number of rotatable bonds is 5. The summed E-state index contributed by atoms with van der Waals surface area (Å²) in [5.74, 6) is -0.0846. The highest BCUT2D eigenvalue weighted by atomic mass is 32.2. The van der Waals surface area contributed by atoms with Gasteiger partial charge in [-0.05, 0) is 54.6 Å². The molecule has 5 heterocycles. The Morgan fingerprint density at radius 3 is 2.60 bits per heavy atom. The van der Waals surface area contributed by atoms with Gasteiger partial charge in [0, 0.05) is 48.4 Å². The molecule has 7 rings (SSSR count). The molecule has 10 nitrogen and oxygen atoms in total. The van der Waals surface area contributed by atoms with Crippen LogP contribution in [0, 0.1) is 5.82 Å². The number of anilines is 1. The van der Waals surface area contributed by atoms with Crippen LogP contribution >= 0.6 is 0 Å². The number of ether oxygens (including phenoxy) is 1. The SMILES string of the molecule is CNC(=O)c1c(-c2ccc(F)cc2)oc2cc(N(C)S(C)(=O)=O)c(-c3ccc4c(n3)-c3nn5ccccc5c3CO4)cc12. The van der Waals surface area contributed by atoms with Crippen LogP contribution in [0.3, 0.4) is 0 Å². The molecule has 0 fully saturated rings. The monoisotopic (exact) mass is 597 g/mol. The highest BCUT2D eigenvalue weighted by Gasteiger charge is 2.29. The molecule has 0 saturated carbocycles. The normalized spacial score (nSPS) is 12.6. The number of amides is 1. The van der Waals surface area contributed by atoms with E-state index in [0.29, 0.717) is 46.0 Å². The van der Waals surface area contributed by atoms with E-state index in [1.807, 2.05) is 24.4 Å². The van der Waals surface area contributed by atoms with Gasteiger partial charge in [0.1, 0.15) is 40.9 Å². The number of pyridine rings is 2. The summed E-state index contributed by atoms with van der Waals surface area (Å²) in [4.78, 5) is 18.1. The molecule has 12 heteroatoms. The molecular formula is C31H24FN5O5S. The molecule has 4 aromatic heterocycles. The number of hydrogen-bond donors (Lipinski definition) is 1. The summed E-state index contributed by atoms with van der Waals surface area (Å²) < 4.78 is 54.3. The molecule has 0 spiro atoms. The van der Waals surface area contributed by atoms with E-state index < -0.39 is 21.7 Å². The van der Waals surface area contributed by atoms with Gasteiger partial charge in [-0.1, -0.05) is 6.07 Å². The van der Waals surface area contributed by atoms with E-state index in [2.05, 4.69) is 5.32 Å². The van der Waals surface area contributed by atoms with Crippen LogP contribution in [-0.4, -0.2) is 49.3 Å². The zero-order valence-corrected chi connectivity index (χ0v) is 24.1. The van der Waals surface area contributed by atoms with Gasteiger partial charge >= 0.3 is 0 Å². The van der Waals surface area contributed by atoms with Gasteiger partial charge in [0.2, 0.25) is 10.0 Å². The summed E-state index contributed by atoms with van der Waals surface area (Å²) in [6, 6.07) is 18.1. The molecule has 6 aromatic rings. The maximum Gasteiger partial charge on any atom is 0.255 e. The average molecular weight is 598 g/mol. The number of carbonyl (C=O) groups excluding carboxylic acids is 1. The van der Waals surface area contributed by atoms with Crippen molar-refractivity contribution in [2.75, 3.05) is 24.7 Å². The Morgan fingerprint density at radius 1 is 1.07 bits per heavy atom. The van der Waals surface area contributed by atoms with Crippen molar-refractivity contribution in [3.63, 3.8) is 0 Å². The Morgan fingerprint density at radius 2 is 1.86 bits per heavy atom. The predicted molar refractivity (Wildman–Crippen MR) is 160 cm³/mol. The summed E-state index contributed by atoms with van der Waals surface area (Å²) in [5, 5.41) is 7.82. The zero-order chi connectivity index (χ0) is 30.0. The van der Waals surface area contributed by atoms with Crippen molar-refractivity contribution < 1.29 is 26.8 Å². The summed E-state index contributed by atoms with van der Waals surface area (Å²) in [5.41, 5.74) is 5.12. The van der Waals surface area contributed by atoms with Crippen LogP contribution in [-0.2, 0) is 16.6 Å². The lowest BCUT2D eigenvalue weighted by Gasteiger charge is -2.21. The molecule has 0 atom stereocenters. The van der Waals surface area contributed by atoms with Gasteiger partial charge in [0.15, 0.2) is 0 Å². The fourth-order valence-corrected chi connectivity index (χ4v) is 5.85. The molecule has 0 unspecified atom stereocenters. The first-order chi connectivity index (χ1) is 20.6. The minimum atomic E-state index is -3.72. The summed E-state index contributed by atoms with van der Waals surface area (Å²) >= 11 is 0. The van der Waals surface area contributed by atoms with E-state index in [9.17, 15) is 17.6 Å². The molecule has 0 bridgehead atoms. The van der Waals surface area contributed by atoms with Crippen molar-refractivity contribution in [1.29, 1.82) is 0 Å². The second-order valence-electron chi connectivity index (χ2n) is 10.2. The van der Waals surface area contributed by atoms with Crippen molar-refractivity contribution in [2.24, 2.45) is 0 Å². The van der Waals surface area contributed by atoms with Crippen molar-refractivity contribution >= 4 is 38.1 Å². The van der Waals surface area contributed by atoms with E-state index in [4.69, 9.17) is 19.2 Å². The van der Waals surface area contributed by atoms with Crippen LogP contribution in [0.25, 0.3) is 50.5 Å². The fraction of sp³-hybridized carbons (Fsp3) is 0.129. The highest BCUT2D eigenvalue weighted by molar-refractivity contribution is 7.92. The number of benzene rings is 2. The molecule has 2 aromatic carbocycles. The van der Waals surface area contributed by atoms with Crippen molar-refractivity contribution in [3.05, 3.63) is 89.9 Å². The second-order valence-corrected chi connectivity index (χ2v) is 12.2. The van der Waals surface area contributed by atoms with Gasteiger partial charge in [-0.2, -0.15) is 5.10 Å². The molecule has 1 amide bonds. The molecule has 216 valence electrons. The number of nitrogens with one attached hydrogen (secondary N) is 1. The Kier molecular flexibility index (Phi) is 5.99. The summed E-state index contributed by atoms with van der Waals surface area (Å²) in [6.07, 6.45) is 2.95. The Balaban J connectivity index is 1.49. The first-order valence-electron chi connectivity index (χ1n) is 13.3.